The van der Waals surface area contributed by atoms with E-state index in [0.29, 0.717) is 33.3 Å². The number of sulfonamides is 1. The summed E-state index contributed by atoms with van der Waals surface area (Å²) in [5.41, 5.74) is 1.33. The van der Waals surface area contributed by atoms with Crippen molar-refractivity contribution in [3.8, 4) is 0 Å². The Hall–Kier alpha value is -2.69. The van der Waals surface area contributed by atoms with E-state index in [1.807, 2.05) is 30.7 Å². The van der Waals surface area contributed by atoms with Crippen LogP contribution in [0.1, 0.15) is 58.1 Å². The highest BCUT2D eigenvalue weighted by Gasteiger charge is 2.43. The van der Waals surface area contributed by atoms with Crippen LogP contribution in [0.5, 0.6) is 0 Å². The Morgan fingerprint density at radius 3 is 2.74 bits per heavy atom. The van der Waals surface area contributed by atoms with Crippen LogP contribution in [0.4, 0.5) is 11.5 Å². The summed E-state index contributed by atoms with van der Waals surface area (Å²) in [7, 11) is -2.05. The van der Waals surface area contributed by atoms with Gasteiger partial charge in [-0.15, -0.1) is 0 Å². The fourth-order valence-corrected chi connectivity index (χ4v) is 7.54. The molecule has 0 saturated heterocycles. The number of hydrogen-bond donors (Lipinski definition) is 2. The molecular formula is C25H33N5O4S. The molecule has 35 heavy (non-hydrogen) atoms. The number of anilines is 2. The van der Waals surface area contributed by atoms with Crippen molar-refractivity contribution in [2.45, 2.75) is 69.5 Å². The Kier molecular flexibility index (Phi) is 6.01. The highest BCUT2D eigenvalue weighted by Crippen LogP contribution is 2.39. The van der Waals surface area contributed by atoms with Crippen molar-refractivity contribution in [3.63, 3.8) is 0 Å². The van der Waals surface area contributed by atoms with Gasteiger partial charge in [-0.1, -0.05) is 19.8 Å². The lowest BCUT2D eigenvalue weighted by atomic mass is 9.86. The molecule has 10 heteroatoms. The Balaban J connectivity index is 1.52. The van der Waals surface area contributed by atoms with Gasteiger partial charge < -0.3 is 15.0 Å². The van der Waals surface area contributed by atoms with E-state index in [9.17, 15) is 13.2 Å². The van der Waals surface area contributed by atoms with E-state index < -0.39 is 15.6 Å². The number of benzene rings is 1. The second-order valence-corrected chi connectivity index (χ2v) is 12.2. The molecule has 0 radical (unpaired) electrons. The first kappa shape index (κ1) is 24.0. The van der Waals surface area contributed by atoms with Gasteiger partial charge in [0, 0.05) is 25.5 Å². The molecule has 1 fully saturated rings. The van der Waals surface area contributed by atoms with Crippen molar-refractivity contribution in [1.82, 2.24) is 19.1 Å². The van der Waals surface area contributed by atoms with Gasteiger partial charge in [-0.2, -0.15) is 9.40 Å². The molecule has 1 aliphatic heterocycles. The van der Waals surface area contributed by atoms with Crippen molar-refractivity contribution < 1.29 is 13.2 Å². The molecular weight excluding hydrogens is 466 g/mol. The van der Waals surface area contributed by atoms with Gasteiger partial charge in [0.1, 0.15) is 5.39 Å². The van der Waals surface area contributed by atoms with Gasteiger partial charge in [0.15, 0.2) is 5.82 Å². The van der Waals surface area contributed by atoms with Crippen molar-refractivity contribution in [2.24, 2.45) is 5.92 Å². The largest absolute Gasteiger partial charge is 0.383 e. The number of H-pyrrole nitrogens is 1. The normalized spacial score (nSPS) is 22.4. The van der Waals surface area contributed by atoms with Crippen LogP contribution >= 0.6 is 0 Å². The average Bonchev–Trinajstić information content (AvgIpc) is 3.30. The van der Waals surface area contributed by atoms with Gasteiger partial charge in [0.2, 0.25) is 10.0 Å². The number of methoxy groups -OCH3 is 1. The summed E-state index contributed by atoms with van der Waals surface area (Å²) < 4.78 is 35.1. The third-order valence-corrected chi connectivity index (χ3v) is 9.55. The molecule has 0 amide bonds. The quantitative estimate of drug-likeness (QED) is 0.527. The lowest BCUT2D eigenvalue weighted by Crippen LogP contribution is -2.47. The Labute approximate surface area is 205 Å². The Bertz CT molecular complexity index is 1430. The first-order chi connectivity index (χ1) is 16.6. The summed E-state index contributed by atoms with van der Waals surface area (Å²) in [6.07, 6.45) is 6.22. The number of pyridine rings is 1. The van der Waals surface area contributed by atoms with Crippen LogP contribution < -0.4 is 10.9 Å². The molecule has 1 saturated carbocycles. The summed E-state index contributed by atoms with van der Waals surface area (Å²) in [5.74, 6) is 0.961. The first-order valence-electron chi connectivity index (χ1n) is 12.1. The Morgan fingerprint density at radius 1 is 1.23 bits per heavy atom. The van der Waals surface area contributed by atoms with Crippen LogP contribution in [0.15, 0.2) is 40.2 Å². The second kappa shape index (κ2) is 8.76. The third-order valence-electron chi connectivity index (χ3n) is 7.39. The van der Waals surface area contributed by atoms with Gasteiger partial charge in [-0.25, -0.2) is 8.42 Å². The summed E-state index contributed by atoms with van der Waals surface area (Å²) in [6.45, 7) is 6.51. The van der Waals surface area contributed by atoms with Gasteiger partial charge in [-0.05, 0) is 62.4 Å². The highest BCUT2D eigenvalue weighted by molar-refractivity contribution is 7.89. The molecule has 2 N–H and O–H groups in total. The lowest BCUT2D eigenvalue weighted by molar-refractivity contribution is 0.0819. The smallest absolute Gasteiger partial charge is 0.261 e. The minimum atomic E-state index is -3.62. The minimum absolute atomic E-state index is 0.198. The molecule has 2 aliphatic rings. The summed E-state index contributed by atoms with van der Waals surface area (Å²) in [6, 6.07) is 7.34. The monoisotopic (exact) mass is 499 g/mol. The fourth-order valence-electron chi connectivity index (χ4n) is 5.59. The summed E-state index contributed by atoms with van der Waals surface area (Å²) in [5, 5.41) is 8.68. The topological polar surface area (TPSA) is 109 Å². The number of rotatable bonds is 6. The average molecular weight is 500 g/mol. The maximum absolute atomic E-state index is 13.2. The van der Waals surface area contributed by atoms with Crippen LogP contribution in [-0.2, 0) is 21.3 Å². The maximum atomic E-state index is 13.2. The maximum Gasteiger partial charge on any atom is 0.261 e. The first-order valence-corrected chi connectivity index (χ1v) is 13.6. The molecule has 1 aromatic carbocycles. The molecule has 9 nitrogen and oxygen atoms in total. The molecule has 1 aliphatic carbocycles. The molecule has 0 unspecified atom stereocenters. The number of aromatic amines is 1. The van der Waals surface area contributed by atoms with Gasteiger partial charge in [-0.3, -0.25) is 9.48 Å². The third kappa shape index (κ3) is 4.07. The zero-order valence-electron chi connectivity index (χ0n) is 20.7. The standard InChI is InChI=1S/C25H33N5O4S/c1-16-7-5-6-8-19(16)30-20-11-12-26-24(31)22(20)23(28-30)27-18-9-10-21-17(13-18)14-29(35(21,32)33)25(2,3)15-34-4/h9-13,16,19H,5-8,14-15H2,1-4H3,(H,26,31)(H,27,28)/t16-,19-/m0/s1. The molecule has 2 aromatic heterocycles. The molecule has 2 atom stereocenters. The molecule has 0 spiro atoms. The molecule has 3 heterocycles. The number of nitrogens with one attached hydrogen (secondary N) is 2. The minimum Gasteiger partial charge on any atom is -0.383 e. The van der Waals surface area contributed by atoms with Crippen LogP contribution in [0.3, 0.4) is 0 Å². The predicted octanol–water partition coefficient (Wildman–Crippen LogP) is 4.15. The number of nitrogens with zero attached hydrogens (tertiary/aromatic N) is 3. The van der Waals surface area contributed by atoms with E-state index >= 15 is 0 Å². The van der Waals surface area contributed by atoms with Gasteiger partial charge in [0.25, 0.3) is 5.56 Å². The molecule has 3 aromatic rings. The second-order valence-electron chi connectivity index (χ2n) is 10.4. The van der Waals surface area contributed by atoms with Crippen molar-refractivity contribution >= 4 is 32.4 Å². The predicted molar refractivity (Wildman–Crippen MR) is 135 cm³/mol. The van der Waals surface area contributed by atoms with E-state index in [1.165, 1.54) is 10.7 Å². The van der Waals surface area contributed by atoms with Crippen molar-refractivity contribution in [2.75, 3.05) is 19.0 Å². The summed E-state index contributed by atoms with van der Waals surface area (Å²) >= 11 is 0. The van der Waals surface area contributed by atoms with Gasteiger partial charge >= 0.3 is 0 Å². The number of ether oxygens (including phenoxy) is 1. The molecule has 188 valence electrons. The number of aromatic nitrogens is 3. The Morgan fingerprint density at radius 2 is 2.00 bits per heavy atom. The molecule has 5 rings (SSSR count). The summed E-state index contributed by atoms with van der Waals surface area (Å²) in [4.78, 5) is 15.9. The number of fused-ring (bicyclic) bond motifs is 2. The molecule has 0 bridgehead atoms. The van der Waals surface area contributed by atoms with Crippen molar-refractivity contribution in [3.05, 3.63) is 46.4 Å². The SMILES string of the molecule is COCC(C)(C)N1Cc2cc(Nc3nn([C@H]4CCCC[C@@H]4C)c4cc[nH]c(=O)c34)ccc2S1(=O)=O. The van der Waals surface area contributed by atoms with Crippen LogP contribution in [0.2, 0.25) is 0 Å². The van der Waals surface area contributed by atoms with E-state index in [-0.39, 0.29) is 24.8 Å². The van der Waals surface area contributed by atoms with E-state index in [0.717, 1.165) is 24.8 Å². The van der Waals surface area contributed by atoms with E-state index in [2.05, 4.69) is 17.2 Å². The van der Waals surface area contributed by atoms with Crippen LogP contribution in [0, 0.1) is 5.92 Å². The van der Waals surface area contributed by atoms with Crippen LogP contribution in [-0.4, -0.2) is 46.7 Å². The van der Waals surface area contributed by atoms with E-state index in [1.54, 1.807) is 25.4 Å². The van der Waals surface area contributed by atoms with Gasteiger partial charge in [0.05, 0.1) is 28.6 Å². The number of hydrogen-bond acceptors (Lipinski definition) is 6. The highest BCUT2D eigenvalue weighted by atomic mass is 32.2. The fraction of sp³-hybridized carbons (Fsp3) is 0.520. The van der Waals surface area contributed by atoms with Crippen molar-refractivity contribution in [1.29, 1.82) is 0 Å². The van der Waals surface area contributed by atoms with Crippen LogP contribution in [0.25, 0.3) is 10.9 Å². The lowest BCUT2D eigenvalue weighted by Gasteiger charge is -2.33. The van der Waals surface area contributed by atoms with E-state index in [4.69, 9.17) is 9.84 Å². The zero-order valence-corrected chi connectivity index (χ0v) is 21.5. The zero-order chi connectivity index (χ0) is 25.0.